The van der Waals surface area contributed by atoms with Crippen molar-refractivity contribution in [3.63, 3.8) is 0 Å². The van der Waals surface area contributed by atoms with Crippen LogP contribution in [-0.4, -0.2) is 22.1 Å². The van der Waals surface area contributed by atoms with E-state index in [1.165, 1.54) is 12.1 Å². The van der Waals surface area contributed by atoms with Gasteiger partial charge in [0.25, 0.3) is 0 Å². The maximum atomic E-state index is 13.4. The second kappa shape index (κ2) is 8.05. The van der Waals surface area contributed by atoms with Crippen LogP contribution in [0.25, 0.3) is 44.8 Å². The van der Waals surface area contributed by atoms with E-state index < -0.39 is 0 Å². The van der Waals surface area contributed by atoms with Crippen molar-refractivity contribution in [3.8, 4) is 39.7 Å². The zero-order chi connectivity index (χ0) is 19.8. The molecule has 30 heavy (non-hydrogen) atoms. The molecule has 0 radical (unpaired) electrons. The van der Waals surface area contributed by atoms with E-state index >= 15 is 0 Å². The number of benzene rings is 3. The van der Waals surface area contributed by atoms with Crippen molar-refractivity contribution < 1.29 is 9.13 Å². The number of hydrogen-bond acceptors (Lipinski definition) is 2. The van der Waals surface area contributed by atoms with Crippen molar-refractivity contribution >= 4 is 23.3 Å². The molecule has 0 fully saturated rings. The molecule has 150 valence electrons. The molecule has 3 aromatic carbocycles. The summed E-state index contributed by atoms with van der Waals surface area (Å²) in [6.45, 7) is 0. The van der Waals surface area contributed by atoms with Gasteiger partial charge in [0.1, 0.15) is 17.4 Å². The smallest absolute Gasteiger partial charge is 0.138 e. The summed E-state index contributed by atoms with van der Waals surface area (Å²) in [5, 5.41) is 1.11. The largest absolute Gasteiger partial charge is 0.497 e. The molecule has 0 saturated carbocycles. The Balaban J connectivity index is 0.00000218. The van der Waals surface area contributed by atoms with Crippen molar-refractivity contribution in [3.05, 3.63) is 84.8 Å². The van der Waals surface area contributed by atoms with Gasteiger partial charge < -0.3 is 14.7 Å². The molecular formula is C24H19ClFN3O. The van der Waals surface area contributed by atoms with Crippen LogP contribution in [0.3, 0.4) is 0 Å². The number of nitrogens with one attached hydrogen (secondary N) is 2. The minimum atomic E-state index is -0.271. The number of aromatic amines is 2. The second-order valence-electron chi connectivity index (χ2n) is 6.79. The van der Waals surface area contributed by atoms with E-state index in [4.69, 9.17) is 9.72 Å². The highest BCUT2D eigenvalue weighted by atomic mass is 35.5. The van der Waals surface area contributed by atoms with Crippen LogP contribution in [0.4, 0.5) is 4.39 Å². The van der Waals surface area contributed by atoms with E-state index in [9.17, 15) is 4.39 Å². The maximum absolute atomic E-state index is 13.4. The van der Waals surface area contributed by atoms with Gasteiger partial charge in [0, 0.05) is 33.8 Å². The first kappa shape index (κ1) is 19.7. The third kappa shape index (κ3) is 3.44. The Hall–Kier alpha value is -3.57. The molecule has 0 aliphatic carbocycles. The molecule has 0 unspecified atom stereocenters. The van der Waals surface area contributed by atoms with Gasteiger partial charge in [-0.2, -0.15) is 0 Å². The third-order valence-corrected chi connectivity index (χ3v) is 5.04. The number of nitrogens with zero attached hydrogens (tertiary/aromatic N) is 1. The summed E-state index contributed by atoms with van der Waals surface area (Å²) >= 11 is 0. The van der Waals surface area contributed by atoms with Crippen LogP contribution in [0.5, 0.6) is 5.75 Å². The van der Waals surface area contributed by atoms with Crippen molar-refractivity contribution in [2.75, 3.05) is 7.11 Å². The van der Waals surface area contributed by atoms with Crippen LogP contribution >= 0.6 is 12.4 Å². The molecular weight excluding hydrogens is 401 g/mol. The lowest BCUT2D eigenvalue weighted by Gasteiger charge is -2.04. The summed E-state index contributed by atoms with van der Waals surface area (Å²) in [4.78, 5) is 11.6. The fourth-order valence-electron chi connectivity index (χ4n) is 3.55. The number of para-hydroxylation sites is 1. The SMILES string of the molecule is COc1ccc(-c2nc(-c3ccc(F)cc3)[nH]c2-c2c[nH]c3ccccc23)cc1.Cl. The quantitative estimate of drug-likeness (QED) is 0.351. The summed E-state index contributed by atoms with van der Waals surface area (Å²) in [7, 11) is 1.65. The third-order valence-electron chi connectivity index (χ3n) is 5.04. The Morgan fingerprint density at radius 1 is 0.867 bits per heavy atom. The van der Waals surface area contributed by atoms with Crippen molar-refractivity contribution in [2.45, 2.75) is 0 Å². The van der Waals surface area contributed by atoms with E-state index in [0.717, 1.165) is 44.7 Å². The molecule has 0 amide bonds. The number of methoxy groups -OCH3 is 1. The lowest BCUT2D eigenvalue weighted by atomic mass is 10.0. The first-order chi connectivity index (χ1) is 14.2. The van der Waals surface area contributed by atoms with Gasteiger partial charge in [-0.05, 0) is 54.6 Å². The van der Waals surface area contributed by atoms with E-state index in [1.807, 2.05) is 48.7 Å². The van der Waals surface area contributed by atoms with Gasteiger partial charge in [-0.3, -0.25) is 0 Å². The predicted octanol–water partition coefficient (Wildman–Crippen LogP) is 6.46. The van der Waals surface area contributed by atoms with Crippen molar-refractivity contribution in [1.29, 1.82) is 0 Å². The van der Waals surface area contributed by atoms with Crippen LogP contribution in [0.15, 0.2) is 79.0 Å². The minimum absolute atomic E-state index is 0. The van der Waals surface area contributed by atoms with Crippen LogP contribution in [0, 0.1) is 5.82 Å². The molecule has 2 N–H and O–H groups in total. The molecule has 5 aromatic rings. The predicted molar refractivity (Wildman–Crippen MR) is 121 cm³/mol. The number of imidazole rings is 1. The molecule has 0 spiro atoms. The number of hydrogen-bond donors (Lipinski definition) is 2. The highest BCUT2D eigenvalue weighted by Gasteiger charge is 2.18. The van der Waals surface area contributed by atoms with Crippen LogP contribution in [0.2, 0.25) is 0 Å². The number of ether oxygens (including phenoxy) is 1. The van der Waals surface area contributed by atoms with Gasteiger partial charge in [0.05, 0.1) is 18.5 Å². The van der Waals surface area contributed by atoms with Crippen LogP contribution in [-0.2, 0) is 0 Å². The van der Waals surface area contributed by atoms with Crippen LogP contribution in [0.1, 0.15) is 0 Å². The lowest BCUT2D eigenvalue weighted by Crippen LogP contribution is -1.85. The Morgan fingerprint density at radius 3 is 2.30 bits per heavy atom. The van der Waals surface area contributed by atoms with Gasteiger partial charge in [-0.1, -0.05) is 18.2 Å². The molecule has 2 aromatic heterocycles. The second-order valence-corrected chi connectivity index (χ2v) is 6.79. The standard InChI is InChI=1S/C24H18FN3O.ClH/c1-29-18-12-8-15(9-13-18)22-23(20-14-26-21-5-3-2-4-19(20)21)28-24(27-22)16-6-10-17(25)11-7-16;/h2-14,26H,1H3,(H,27,28);1H. The molecule has 2 heterocycles. The summed E-state index contributed by atoms with van der Waals surface area (Å²) in [5.74, 6) is 1.21. The van der Waals surface area contributed by atoms with Gasteiger partial charge in [-0.25, -0.2) is 9.37 Å². The van der Waals surface area contributed by atoms with Crippen LogP contribution < -0.4 is 4.74 Å². The highest BCUT2D eigenvalue weighted by Crippen LogP contribution is 2.37. The molecule has 0 atom stereocenters. The molecule has 0 aliphatic rings. The number of rotatable bonds is 4. The van der Waals surface area contributed by atoms with E-state index in [1.54, 1.807) is 19.2 Å². The summed E-state index contributed by atoms with van der Waals surface area (Å²) in [6, 6.07) is 22.3. The maximum Gasteiger partial charge on any atom is 0.138 e. The monoisotopic (exact) mass is 419 g/mol. The topological polar surface area (TPSA) is 53.7 Å². The number of halogens is 2. The first-order valence-corrected chi connectivity index (χ1v) is 9.30. The minimum Gasteiger partial charge on any atom is -0.497 e. The fraction of sp³-hybridized carbons (Fsp3) is 0.0417. The highest BCUT2D eigenvalue weighted by molar-refractivity contribution is 5.98. The van der Waals surface area contributed by atoms with E-state index in [2.05, 4.69) is 16.0 Å². The van der Waals surface area contributed by atoms with Gasteiger partial charge in [0.2, 0.25) is 0 Å². The Bertz CT molecular complexity index is 1290. The zero-order valence-electron chi connectivity index (χ0n) is 16.1. The van der Waals surface area contributed by atoms with Gasteiger partial charge >= 0.3 is 0 Å². The molecule has 5 rings (SSSR count). The Morgan fingerprint density at radius 2 is 1.57 bits per heavy atom. The Labute approximate surface area is 179 Å². The number of fused-ring (bicyclic) bond motifs is 1. The van der Waals surface area contributed by atoms with Crippen molar-refractivity contribution in [2.24, 2.45) is 0 Å². The number of H-pyrrole nitrogens is 2. The lowest BCUT2D eigenvalue weighted by molar-refractivity contribution is 0.415. The molecule has 0 saturated heterocycles. The van der Waals surface area contributed by atoms with Crippen molar-refractivity contribution in [1.82, 2.24) is 15.0 Å². The fourth-order valence-corrected chi connectivity index (χ4v) is 3.55. The summed E-state index contributed by atoms with van der Waals surface area (Å²) in [6.07, 6.45) is 1.99. The normalized spacial score (nSPS) is 10.7. The molecule has 6 heteroatoms. The van der Waals surface area contributed by atoms with E-state index in [0.29, 0.717) is 5.82 Å². The first-order valence-electron chi connectivity index (χ1n) is 9.30. The molecule has 4 nitrogen and oxygen atoms in total. The Kier molecular flexibility index (Phi) is 5.29. The number of aromatic nitrogens is 3. The van der Waals surface area contributed by atoms with Gasteiger partial charge in [-0.15, -0.1) is 12.4 Å². The van der Waals surface area contributed by atoms with E-state index in [-0.39, 0.29) is 18.2 Å². The van der Waals surface area contributed by atoms with Gasteiger partial charge in [0.15, 0.2) is 0 Å². The molecule has 0 aliphatic heterocycles. The summed E-state index contributed by atoms with van der Waals surface area (Å²) < 4.78 is 18.7. The average Bonchev–Trinajstić information content (AvgIpc) is 3.39. The zero-order valence-corrected chi connectivity index (χ0v) is 17.0. The summed E-state index contributed by atoms with van der Waals surface area (Å²) in [5.41, 5.74) is 5.63. The molecule has 0 bridgehead atoms. The average molecular weight is 420 g/mol.